The Labute approximate surface area is 77.0 Å². The van der Waals surface area contributed by atoms with Crippen LogP contribution in [0.25, 0.3) is 0 Å². The van der Waals surface area contributed by atoms with E-state index in [0.717, 1.165) is 0 Å². The number of carboxylic acids is 1. The summed E-state index contributed by atoms with van der Waals surface area (Å²) in [4.78, 5) is 10.00. The van der Waals surface area contributed by atoms with Crippen LogP contribution >= 0.6 is 12.4 Å². The van der Waals surface area contributed by atoms with Crippen LogP contribution in [0.5, 0.6) is 0 Å². The van der Waals surface area contributed by atoms with E-state index >= 15 is 0 Å². The van der Waals surface area contributed by atoms with E-state index < -0.39 is 12.2 Å². The second kappa shape index (κ2) is 6.75. The van der Waals surface area contributed by atoms with E-state index in [1.54, 1.807) is 6.92 Å². The highest BCUT2D eigenvalue weighted by Gasteiger charge is 1.99. The summed E-state index contributed by atoms with van der Waals surface area (Å²) < 4.78 is 4.81. The number of nitrogens with one attached hydrogen (secondary N) is 1. The van der Waals surface area contributed by atoms with Crippen molar-refractivity contribution in [1.29, 1.82) is 0 Å². The number of hydrogen-bond donors (Lipinski definition) is 3. The molecule has 0 heterocycles. The van der Waals surface area contributed by atoms with Gasteiger partial charge in [0.2, 0.25) is 0 Å². The van der Waals surface area contributed by atoms with Crippen LogP contribution in [0, 0.1) is 0 Å². The smallest absolute Gasteiger partial charge is 0.322 e. The molecule has 0 aromatic heterocycles. The number of aliphatic carboxylic acids is 1. The van der Waals surface area contributed by atoms with Crippen molar-refractivity contribution in [2.24, 2.45) is 5.73 Å². The molecule has 0 saturated carbocycles. The fourth-order valence-corrected chi connectivity index (χ4v) is 0.440. The second-order valence-corrected chi connectivity index (χ2v) is 1.99. The minimum absolute atomic E-state index is 0. The van der Waals surface area contributed by atoms with Gasteiger partial charge in [-0.1, -0.05) is 0 Å². The van der Waals surface area contributed by atoms with Gasteiger partial charge in [-0.25, -0.2) is 0 Å². The Morgan fingerprint density at radius 2 is 2.33 bits per heavy atom. The number of carboxylic acid groups (broad SMARTS) is 1. The van der Waals surface area contributed by atoms with Crippen LogP contribution in [0.3, 0.4) is 0 Å². The Kier molecular flexibility index (Phi) is 7.67. The highest BCUT2D eigenvalue weighted by Crippen LogP contribution is 1.89. The predicted molar refractivity (Wildman–Crippen MR) is 46.8 cm³/mol. The fourth-order valence-electron chi connectivity index (χ4n) is 0.440. The summed E-state index contributed by atoms with van der Waals surface area (Å²) in [7, 11) is 0. The summed E-state index contributed by atoms with van der Waals surface area (Å²) in [5, 5.41) is 10.6. The number of carbonyl (C=O) groups is 1. The van der Waals surface area contributed by atoms with Crippen molar-refractivity contribution < 1.29 is 14.6 Å². The summed E-state index contributed by atoms with van der Waals surface area (Å²) in [5.74, 6) is -0.804. The Balaban J connectivity index is 0. The maximum Gasteiger partial charge on any atom is 0.322 e. The third kappa shape index (κ3) is 9.06. The van der Waals surface area contributed by atoms with Crippen LogP contribution in [-0.2, 0) is 9.53 Å². The molecule has 5 nitrogen and oxygen atoms in total. The monoisotopic (exact) mass is 196 g/mol. The first kappa shape index (κ1) is 13.6. The number of hydrogen-bond acceptors (Lipinski definition) is 4. The van der Waals surface area contributed by atoms with Gasteiger partial charge in [0.15, 0.2) is 5.88 Å². The summed E-state index contributed by atoms with van der Waals surface area (Å²) >= 11 is 0. The van der Waals surface area contributed by atoms with Gasteiger partial charge in [-0.05, 0) is 13.5 Å². The number of rotatable bonds is 5. The molecule has 0 bridgehead atoms. The Hall–Kier alpha value is -0.940. The molecule has 0 aromatic carbocycles. The molecule has 6 heteroatoms. The molecule has 0 aromatic rings. The lowest BCUT2D eigenvalue weighted by Crippen LogP contribution is -2.28. The van der Waals surface area contributed by atoms with Crippen molar-refractivity contribution in [2.45, 2.75) is 13.2 Å². The van der Waals surface area contributed by atoms with Gasteiger partial charge in [-0.3, -0.25) is 10.5 Å². The van der Waals surface area contributed by atoms with Gasteiger partial charge in [0, 0.05) is 0 Å². The lowest BCUT2D eigenvalue weighted by molar-refractivity contribution is -0.136. The minimum Gasteiger partial charge on any atom is -0.480 e. The number of nitrogens with two attached hydrogens (primary N) is 1. The third-order valence-corrected chi connectivity index (χ3v) is 0.765. The average molecular weight is 197 g/mol. The van der Waals surface area contributed by atoms with Crippen LogP contribution in [-0.4, -0.2) is 23.8 Å². The number of halogens is 1. The van der Waals surface area contributed by atoms with E-state index in [9.17, 15) is 4.79 Å². The molecular formula is C6H13ClN2O3. The summed E-state index contributed by atoms with van der Waals surface area (Å²) in [5.41, 5.74) is 5.23. The van der Waals surface area contributed by atoms with Gasteiger partial charge in [0.05, 0.1) is 0 Å². The van der Waals surface area contributed by atoms with E-state index in [2.05, 4.69) is 11.9 Å². The van der Waals surface area contributed by atoms with Crippen LogP contribution in [0.4, 0.5) is 0 Å². The quantitative estimate of drug-likeness (QED) is 0.422. The zero-order chi connectivity index (χ0) is 8.85. The molecule has 0 fully saturated rings. The molecule has 12 heavy (non-hydrogen) atoms. The lowest BCUT2D eigenvalue weighted by Gasteiger charge is -2.12. The first-order valence-corrected chi connectivity index (χ1v) is 3.09. The molecule has 0 radical (unpaired) electrons. The summed E-state index contributed by atoms with van der Waals surface area (Å²) in [6.07, 6.45) is -0.483. The van der Waals surface area contributed by atoms with Gasteiger partial charge in [0.25, 0.3) is 0 Å². The Bertz CT molecular complexity index is 161. The molecule has 0 saturated heterocycles. The van der Waals surface area contributed by atoms with Gasteiger partial charge in [-0.2, -0.15) is 0 Å². The van der Waals surface area contributed by atoms with Gasteiger partial charge in [-0.15, -0.1) is 12.4 Å². The van der Waals surface area contributed by atoms with Crippen molar-refractivity contribution in [3.63, 3.8) is 0 Å². The Morgan fingerprint density at radius 3 is 2.67 bits per heavy atom. The van der Waals surface area contributed by atoms with Crippen molar-refractivity contribution in [1.82, 2.24) is 5.32 Å². The largest absolute Gasteiger partial charge is 0.480 e. The maximum absolute atomic E-state index is 10.00. The lowest BCUT2D eigenvalue weighted by atomic mass is 10.6. The molecule has 0 rings (SSSR count). The number of ether oxygens (including phenoxy) is 1. The highest BCUT2D eigenvalue weighted by atomic mass is 35.5. The second-order valence-electron chi connectivity index (χ2n) is 1.99. The van der Waals surface area contributed by atoms with E-state index in [1.807, 2.05) is 0 Å². The van der Waals surface area contributed by atoms with Crippen LogP contribution < -0.4 is 11.1 Å². The summed E-state index contributed by atoms with van der Waals surface area (Å²) in [6.45, 7) is 4.79. The molecule has 72 valence electrons. The fraction of sp³-hybridized carbons (Fsp3) is 0.500. The Morgan fingerprint density at radius 1 is 1.83 bits per heavy atom. The summed E-state index contributed by atoms with van der Waals surface area (Å²) in [6, 6.07) is 0. The topological polar surface area (TPSA) is 84.6 Å². The van der Waals surface area contributed by atoms with E-state index in [1.165, 1.54) is 0 Å². The predicted octanol–water partition coefficient (Wildman–Crippen LogP) is -0.125. The molecule has 0 spiro atoms. The molecule has 1 atom stereocenters. The standard InChI is InChI=1S/C6H12N2O3.ClH/c1-4(7)11-5(2)8-3-6(9)10;/h4,8H,2-3,7H2,1H3,(H,9,10);1H. The van der Waals surface area contributed by atoms with Gasteiger partial charge in [0.1, 0.15) is 12.8 Å². The van der Waals surface area contributed by atoms with Crippen LogP contribution in [0.2, 0.25) is 0 Å². The highest BCUT2D eigenvalue weighted by molar-refractivity contribution is 5.85. The van der Waals surface area contributed by atoms with Gasteiger partial charge >= 0.3 is 5.97 Å². The van der Waals surface area contributed by atoms with E-state index in [-0.39, 0.29) is 24.8 Å². The molecule has 0 amide bonds. The first-order valence-electron chi connectivity index (χ1n) is 3.09. The van der Waals surface area contributed by atoms with Crippen molar-refractivity contribution in [3.05, 3.63) is 12.5 Å². The van der Waals surface area contributed by atoms with Crippen molar-refractivity contribution in [2.75, 3.05) is 6.54 Å². The average Bonchev–Trinajstić information content (AvgIpc) is 1.82. The molecule has 1 unspecified atom stereocenters. The molecular weight excluding hydrogens is 184 g/mol. The van der Waals surface area contributed by atoms with Gasteiger partial charge < -0.3 is 15.2 Å². The van der Waals surface area contributed by atoms with Crippen LogP contribution in [0.15, 0.2) is 12.5 Å². The molecule has 4 N–H and O–H groups in total. The molecule has 0 aliphatic rings. The molecule has 0 aliphatic carbocycles. The normalized spacial score (nSPS) is 10.8. The zero-order valence-electron chi connectivity index (χ0n) is 6.74. The van der Waals surface area contributed by atoms with Crippen molar-refractivity contribution >= 4 is 18.4 Å². The van der Waals surface area contributed by atoms with E-state index in [0.29, 0.717) is 0 Å². The maximum atomic E-state index is 10.00. The minimum atomic E-state index is -0.973. The van der Waals surface area contributed by atoms with E-state index in [4.69, 9.17) is 15.6 Å². The first-order chi connectivity index (χ1) is 5.02. The zero-order valence-corrected chi connectivity index (χ0v) is 7.56. The molecule has 0 aliphatic heterocycles. The van der Waals surface area contributed by atoms with Crippen LogP contribution in [0.1, 0.15) is 6.92 Å². The van der Waals surface area contributed by atoms with Crippen molar-refractivity contribution in [3.8, 4) is 0 Å². The third-order valence-electron chi connectivity index (χ3n) is 0.765. The SMILES string of the molecule is C=C(NCC(=O)O)OC(C)N.Cl.